The second kappa shape index (κ2) is 5.85. The molecule has 3 nitrogen and oxygen atoms in total. The first kappa shape index (κ1) is 12.9. The zero-order valence-corrected chi connectivity index (χ0v) is 10.9. The maximum atomic E-state index is 11.0. The van der Waals surface area contributed by atoms with E-state index in [-0.39, 0.29) is 6.54 Å². The first-order valence-corrected chi connectivity index (χ1v) is 7.18. The molecule has 2 saturated carbocycles. The Balaban J connectivity index is 1.97. The third kappa shape index (κ3) is 3.21. The molecule has 0 aromatic rings. The number of rotatable bonds is 5. The molecule has 2 aliphatic rings. The van der Waals surface area contributed by atoms with Gasteiger partial charge in [0.05, 0.1) is 6.54 Å². The maximum absolute atomic E-state index is 11.0. The van der Waals surface area contributed by atoms with Crippen LogP contribution in [-0.4, -0.2) is 34.6 Å². The summed E-state index contributed by atoms with van der Waals surface area (Å²) in [6, 6.07) is 1.09. The molecule has 3 heteroatoms. The van der Waals surface area contributed by atoms with Gasteiger partial charge in [-0.1, -0.05) is 26.2 Å². The summed E-state index contributed by atoms with van der Waals surface area (Å²) in [5, 5.41) is 9.09. The zero-order chi connectivity index (χ0) is 12.3. The smallest absolute Gasteiger partial charge is 0.317 e. The van der Waals surface area contributed by atoms with Crippen LogP contribution in [0.2, 0.25) is 0 Å². The van der Waals surface area contributed by atoms with Crippen LogP contribution in [-0.2, 0) is 4.79 Å². The van der Waals surface area contributed by atoms with Gasteiger partial charge in [0.25, 0.3) is 0 Å². The van der Waals surface area contributed by atoms with Crippen LogP contribution in [0.5, 0.6) is 0 Å². The first-order valence-electron chi connectivity index (χ1n) is 7.18. The van der Waals surface area contributed by atoms with Crippen molar-refractivity contribution in [2.45, 2.75) is 70.4 Å². The van der Waals surface area contributed by atoms with Crippen LogP contribution in [0.1, 0.15) is 58.3 Å². The molecular weight excluding hydrogens is 214 g/mol. The molecule has 0 aromatic heterocycles. The Morgan fingerprint density at radius 1 is 1.18 bits per heavy atom. The zero-order valence-electron chi connectivity index (χ0n) is 10.9. The van der Waals surface area contributed by atoms with Crippen molar-refractivity contribution in [2.75, 3.05) is 6.54 Å². The van der Waals surface area contributed by atoms with E-state index in [1.54, 1.807) is 0 Å². The van der Waals surface area contributed by atoms with Crippen molar-refractivity contribution in [2.24, 2.45) is 5.92 Å². The van der Waals surface area contributed by atoms with Crippen molar-refractivity contribution in [1.29, 1.82) is 0 Å². The molecule has 0 bridgehead atoms. The van der Waals surface area contributed by atoms with E-state index in [1.807, 2.05) is 0 Å². The van der Waals surface area contributed by atoms with Crippen LogP contribution in [0, 0.1) is 5.92 Å². The second-order valence-electron chi connectivity index (χ2n) is 5.75. The molecule has 0 aliphatic heterocycles. The van der Waals surface area contributed by atoms with E-state index in [4.69, 9.17) is 5.11 Å². The number of nitrogens with zero attached hydrogens (tertiary/aromatic N) is 1. The Kier molecular flexibility index (Phi) is 4.43. The summed E-state index contributed by atoms with van der Waals surface area (Å²) in [5.41, 5.74) is 0. The molecule has 2 unspecified atom stereocenters. The molecule has 17 heavy (non-hydrogen) atoms. The molecule has 0 spiro atoms. The minimum atomic E-state index is -0.656. The van der Waals surface area contributed by atoms with Gasteiger partial charge >= 0.3 is 5.97 Å². The monoisotopic (exact) mass is 239 g/mol. The summed E-state index contributed by atoms with van der Waals surface area (Å²) in [6.45, 7) is 2.51. The van der Waals surface area contributed by atoms with Crippen LogP contribution in [0.15, 0.2) is 0 Å². The molecule has 98 valence electrons. The van der Waals surface area contributed by atoms with E-state index in [0.717, 1.165) is 5.92 Å². The van der Waals surface area contributed by atoms with Gasteiger partial charge in [-0.25, -0.2) is 0 Å². The fourth-order valence-corrected chi connectivity index (χ4v) is 3.67. The second-order valence-corrected chi connectivity index (χ2v) is 5.75. The third-order valence-corrected chi connectivity index (χ3v) is 4.67. The summed E-state index contributed by atoms with van der Waals surface area (Å²) in [6.07, 6.45) is 9.96. The van der Waals surface area contributed by atoms with E-state index in [0.29, 0.717) is 12.1 Å². The average molecular weight is 239 g/mol. The lowest BCUT2D eigenvalue weighted by molar-refractivity contribution is -0.139. The van der Waals surface area contributed by atoms with E-state index in [2.05, 4.69) is 11.8 Å². The van der Waals surface area contributed by atoms with Crippen LogP contribution in [0.4, 0.5) is 0 Å². The SMILES string of the molecule is CCC1CCC(N(CC(=O)O)C2CCCC2)C1. The van der Waals surface area contributed by atoms with E-state index in [9.17, 15) is 4.79 Å². The van der Waals surface area contributed by atoms with Crippen molar-refractivity contribution in [3.63, 3.8) is 0 Å². The molecule has 2 aliphatic carbocycles. The topological polar surface area (TPSA) is 40.5 Å². The number of carboxylic acids is 1. The highest BCUT2D eigenvalue weighted by molar-refractivity contribution is 5.69. The van der Waals surface area contributed by atoms with Crippen molar-refractivity contribution >= 4 is 5.97 Å². The fraction of sp³-hybridized carbons (Fsp3) is 0.929. The Hall–Kier alpha value is -0.570. The van der Waals surface area contributed by atoms with Crippen molar-refractivity contribution in [3.8, 4) is 0 Å². The molecular formula is C14H25NO2. The van der Waals surface area contributed by atoms with Gasteiger partial charge in [-0.15, -0.1) is 0 Å². The average Bonchev–Trinajstić information content (AvgIpc) is 2.97. The molecule has 1 N–H and O–H groups in total. The van der Waals surface area contributed by atoms with Crippen molar-refractivity contribution < 1.29 is 9.90 Å². The van der Waals surface area contributed by atoms with Crippen molar-refractivity contribution in [1.82, 2.24) is 4.90 Å². The van der Waals surface area contributed by atoms with Crippen LogP contribution < -0.4 is 0 Å². The Morgan fingerprint density at radius 3 is 2.41 bits per heavy atom. The molecule has 0 aromatic carbocycles. The summed E-state index contributed by atoms with van der Waals surface area (Å²) in [4.78, 5) is 13.3. The van der Waals surface area contributed by atoms with Crippen molar-refractivity contribution in [3.05, 3.63) is 0 Å². The molecule has 2 atom stereocenters. The van der Waals surface area contributed by atoms with E-state index >= 15 is 0 Å². The van der Waals surface area contributed by atoms with E-state index < -0.39 is 5.97 Å². The summed E-state index contributed by atoms with van der Waals surface area (Å²) in [7, 11) is 0. The molecule has 2 fully saturated rings. The number of aliphatic carboxylic acids is 1. The summed E-state index contributed by atoms with van der Waals surface area (Å²) < 4.78 is 0. The lowest BCUT2D eigenvalue weighted by Crippen LogP contribution is -2.44. The Labute approximate surface area is 104 Å². The van der Waals surface area contributed by atoms with Gasteiger partial charge in [-0.2, -0.15) is 0 Å². The Bertz CT molecular complexity index is 261. The normalized spacial score (nSPS) is 30.2. The van der Waals surface area contributed by atoms with Crippen LogP contribution >= 0.6 is 0 Å². The molecule has 0 amide bonds. The number of hydrogen-bond acceptors (Lipinski definition) is 2. The highest BCUT2D eigenvalue weighted by Crippen LogP contribution is 2.35. The first-order chi connectivity index (χ1) is 8.20. The molecule has 2 rings (SSSR count). The minimum absolute atomic E-state index is 0.256. The predicted molar refractivity (Wildman–Crippen MR) is 68.0 cm³/mol. The van der Waals surface area contributed by atoms with Gasteiger partial charge in [0.1, 0.15) is 0 Å². The lowest BCUT2D eigenvalue weighted by Gasteiger charge is -2.33. The van der Waals surface area contributed by atoms with Crippen LogP contribution in [0.25, 0.3) is 0 Å². The molecule has 0 heterocycles. The number of carboxylic acid groups (broad SMARTS) is 1. The number of hydrogen-bond donors (Lipinski definition) is 1. The lowest BCUT2D eigenvalue weighted by atomic mass is 10.0. The van der Waals surface area contributed by atoms with Gasteiger partial charge in [-0.3, -0.25) is 9.69 Å². The largest absolute Gasteiger partial charge is 0.480 e. The Morgan fingerprint density at radius 2 is 1.88 bits per heavy atom. The minimum Gasteiger partial charge on any atom is -0.480 e. The summed E-state index contributed by atoms with van der Waals surface area (Å²) >= 11 is 0. The molecule has 0 radical (unpaired) electrons. The molecule has 0 saturated heterocycles. The number of carbonyl (C=O) groups is 1. The van der Waals surface area contributed by atoms with Gasteiger partial charge in [-0.05, 0) is 38.0 Å². The quantitative estimate of drug-likeness (QED) is 0.802. The highest BCUT2D eigenvalue weighted by Gasteiger charge is 2.34. The fourth-order valence-electron chi connectivity index (χ4n) is 3.67. The van der Waals surface area contributed by atoms with Gasteiger partial charge in [0, 0.05) is 12.1 Å². The van der Waals surface area contributed by atoms with Gasteiger partial charge in [0.15, 0.2) is 0 Å². The standard InChI is InChI=1S/C14H25NO2/c1-2-11-7-8-13(9-11)15(10-14(16)17)12-5-3-4-6-12/h11-13H,2-10H2,1H3,(H,16,17). The third-order valence-electron chi connectivity index (χ3n) is 4.67. The van der Waals surface area contributed by atoms with Gasteiger partial charge in [0.2, 0.25) is 0 Å². The van der Waals surface area contributed by atoms with Crippen LogP contribution in [0.3, 0.4) is 0 Å². The predicted octanol–water partition coefficient (Wildman–Crippen LogP) is 2.89. The van der Waals surface area contributed by atoms with E-state index in [1.165, 1.54) is 51.4 Å². The summed E-state index contributed by atoms with van der Waals surface area (Å²) in [5.74, 6) is 0.176. The van der Waals surface area contributed by atoms with Gasteiger partial charge < -0.3 is 5.11 Å². The maximum Gasteiger partial charge on any atom is 0.317 e. The highest BCUT2D eigenvalue weighted by atomic mass is 16.4.